The van der Waals surface area contributed by atoms with E-state index in [1.807, 2.05) is 12.1 Å². The zero-order valence-electron chi connectivity index (χ0n) is 12.8. The zero-order chi connectivity index (χ0) is 15.1. The molecule has 1 aliphatic heterocycles. The number of ether oxygens (including phenoxy) is 1. The molecule has 2 rings (SSSR count). The average Bonchev–Trinajstić information content (AvgIpc) is 2.91. The van der Waals surface area contributed by atoms with Crippen LogP contribution in [0, 0.1) is 0 Å². The molecule has 2 N–H and O–H groups in total. The van der Waals surface area contributed by atoms with Crippen molar-refractivity contribution in [3.05, 3.63) is 34.3 Å². The third-order valence-electron chi connectivity index (χ3n) is 3.61. The van der Waals surface area contributed by atoms with E-state index in [4.69, 9.17) is 4.74 Å². The Morgan fingerprint density at radius 2 is 2.10 bits per heavy atom. The lowest BCUT2D eigenvalue weighted by molar-refractivity contribution is 0.0243. The molecule has 0 radical (unpaired) electrons. The van der Waals surface area contributed by atoms with Crippen LogP contribution in [0.3, 0.4) is 0 Å². The highest BCUT2D eigenvalue weighted by molar-refractivity contribution is 9.10. The molecule has 116 valence electrons. The number of benzene rings is 1. The van der Waals surface area contributed by atoms with E-state index >= 15 is 0 Å². The summed E-state index contributed by atoms with van der Waals surface area (Å²) >= 11 is 3.44. The van der Waals surface area contributed by atoms with Crippen LogP contribution in [0.2, 0.25) is 0 Å². The summed E-state index contributed by atoms with van der Waals surface area (Å²) in [6.07, 6.45) is 2.25. The minimum absolute atomic E-state index is 0.0617. The molecule has 1 saturated heterocycles. The van der Waals surface area contributed by atoms with E-state index in [0.29, 0.717) is 6.54 Å². The molecule has 0 saturated carbocycles. The number of nitrogens with zero attached hydrogens (tertiary/aromatic N) is 1. The van der Waals surface area contributed by atoms with Gasteiger partial charge in [0.2, 0.25) is 0 Å². The van der Waals surface area contributed by atoms with Gasteiger partial charge in [0.25, 0.3) is 0 Å². The molecular weight excluding hydrogens is 330 g/mol. The van der Waals surface area contributed by atoms with Crippen LogP contribution in [0.1, 0.15) is 32.3 Å². The summed E-state index contributed by atoms with van der Waals surface area (Å²) in [4.78, 5) is 4.63. The Morgan fingerprint density at radius 1 is 1.33 bits per heavy atom. The second kappa shape index (κ2) is 7.80. The highest BCUT2D eigenvalue weighted by Gasteiger charge is 2.29. The quantitative estimate of drug-likeness (QED) is 0.631. The van der Waals surface area contributed by atoms with Crippen molar-refractivity contribution in [1.29, 1.82) is 0 Å². The van der Waals surface area contributed by atoms with Crippen molar-refractivity contribution >= 4 is 21.9 Å². The normalized spacial score (nSPS) is 22.3. The molecule has 1 heterocycles. The number of aliphatic imine (C=N–C) groups is 1. The first kappa shape index (κ1) is 16.3. The molecule has 1 unspecified atom stereocenters. The molecule has 0 aliphatic carbocycles. The van der Waals surface area contributed by atoms with Crippen molar-refractivity contribution in [1.82, 2.24) is 10.6 Å². The van der Waals surface area contributed by atoms with Crippen LogP contribution in [0.5, 0.6) is 0 Å². The lowest BCUT2D eigenvalue weighted by atomic mass is 10.0. The molecule has 0 spiro atoms. The Labute approximate surface area is 135 Å². The molecular formula is C16H24BrN3O. The maximum atomic E-state index is 5.79. The van der Waals surface area contributed by atoms with Gasteiger partial charge in [-0.1, -0.05) is 28.1 Å². The summed E-state index contributed by atoms with van der Waals surface area (Å²) in [5, 5.41) is 6.67. The first-order valence-electron chi connectivity index (χ1n) is 7.52. The monoisotopic (exact) mass is 353 g/mol. The number of hydrogen-bond acceptors (Lipinski definition) is 2. The Bertz CT molecular complexity index is 467. The summed E-state index contributed by atoms with van der Waals surface area (Å²) in [6, 6.07) is 8.24. The van der Waals surface area contributed by atoms with E-state index in [-0.39, 0.29) is 5.60 Å². The molecule has 1 aliphatic rings. The first-order valence-corrected chi connectivity index (χ1v) is 8.31. The number of nitrogens with one attached hydrogen (secondary N) is 2. The topological polar surface area (TPSA) is 45.7 Å². The van der Waals surface area contributed by atoms with Crippen LogP contribution in [0.25, 0.3) is 0 Å². The standard InChI is InChI=1S/C16H24BrN3O/c1-3-18-15(20-12-16(2)9-4-10-21-16)19-11-13-5-7-14(17)8-6-13/h5-8H,3-4,9-12H2,1-2H3,(H2,18,19,20). The van der Waals surface area contributed by atoms with Gasteiger partial charge in [-0.3, -0.25) is 0 Å². The fourth-order valence-corrected chi connectivity index (χ4v) is 2.61. The van der Waals surface area contributed by atoms with E-state index in [0.717, 1.165) is 43.0 Å². The van der Waals surface area contributed by atoms with E-state index in [2.05, 4.69) is 57.5 Å². The van der Waals surface area contributed by atoms with Crippen molar-refractivity contribution in [2.24, 2.45) is 4.99 Å². The first-order chi connectivity index (χ1) is 10.1. The van der Waals surface area contributed by atoms with Gasteiger partial charge in [0.15, 0.2) is 5.96 Å². The van der Waals surface area contributed by atoms with Crippen molar-refractivity contribution in [3.8, 4) is 0 Å². The minimum atomic E-state index is -0.0617. The van der Waals surface area contributed by atoms with Crippen LogP contribution in [0.15, 0.2) is 33.7 Å². The molecule has 1 fully saturated rings. The zero-order valence-corrected chi connectivity index (χ0v) is 14.4. The number of guanidine groups is 1. The van der Waals surface area contributed by atoms with Gasteiger partial charge < -0.3 is 15.4 Å². The SMILES string of the molecule is CCNC(=NCc1ccc(Br)cc1)NCC1(C)CCCO1. The van der Waals surface area contributed by atoms with Crippen molar-refractivity contribution in [2.45, 2.75) is 38.8 Å². The minimum Gasteiger partial charge on any atom is -0.373 e. The Morgan fingerprint density at radius 3 is 2.71 bits per heavy atom. The Kier molecular flexibility index (Phi) is 6.06. The van der Waals surface area contributed by atoms with Gasteiger partial charge in [-0.2, -0.15) is 0 Å². The Hall–Kier alpha value is -1.07. The smallest absolute Gasteiger partial charge is 0.191 e. The second-order valence-electron chi connectivity index (χ2n) is 5.58. The van der Waals surface area contributed by atoms with E-state index in [1.165, 1.54) is 5.56 Å². The van der Waals surface area contributed by atoms with Crippen LogP contribution in [-0.4, -0.2) is 31.3 Å². The Balaban J connectivity index is 1.90. The highest BCUT2D eigenvalue weighted by Crippen LogP contribution is 2.23. The molecule has 0 aromatic heterocycles. The van der Waals surface area contributed by atoms with Crippen LogP contribution in [0.4, 0.5) is 0 Å². The molecule has 4 nitrogen and oxygen atoms in total. The summed E-state index contributed by atoms with van der Waals surface area (Å²) in [6.45, 7) is 7.41. The molecule has 1 aromatic carbocycles. The van der Waals surface area contributed by atoms with Crippen molar-refractivity contribution in [2.75, 3.05) is 19.7 Å². The maximum Gasteiger partial charge on any atom is 0.191 e. The van der Waals surface area contributed by atoms with Crippen molar-refractivity contribution in [3.63, 3.8) is 0 Å². The summed E-state index contributed by atoms with van der Waals surface area (Å²) in [5.41, 5.74) is 1.13. The largest absolute Gasteiger partial charge is 0.373 e. The van der Waals surface area contributed by atoms with Gasteiger partial charge in [-0.05, 0) is 44.4 Å². The second-order valence-corrected chi connectivity index (χ2v) is 6.49. The summed E-state index contributed by atoms with van der Waals surface area (Å²) in [5.74, 6) is 0.845. The number of hydrogen-bond donors (Lipinski definition) is 2. The molecule has 21 heavy (non-hydrogen) atoms. The van der Waals surface area contributed by atoms with Gasteiger partial charge in [-0.15, -0.1) is 0 Å². The third-order valence-corrected chi connectivity index (χ3v) is 4.14. The average molecular weight is 354 g/mol. The number of rotatable bonds is 5. The summed E-state index contributed by atoms with van der Waals surface area (Å²) in [7, 11) is 0. The van der Waals surface area contributed by atoms with E-state index < -0.39 is 0 Å². The fraction of sp³-hybridized carbons (Fsp3) is 0.562. The lowest BCUT2D eigenvalue weighted by Crippen LogP contribution is -2.45. The van der Waals surface area contributed by atoms with Crippen LogP contribution in [-0.2, 0) is 11.3 Å². The number of halogens is 1. The van der Waals surface area contributed by atoms with Crippen molar-refractivity contribution < 1.29 is 4.74 Å². The van der Waals surface area contributed by atoms with Crippen LogP contribution < -0.4 is 10.6 Å². The van der Waals surface area contributed by atoms with Gasteiger partial charge in [0, 0.05) is 24.2 Å². The van der Waals surface area contributed by atoms with Crippen LogP contribution >= 0.6 is 15.9 Å². The third kappa shape index (κ3) is 5.32. The lowest BCUT2D eigenvalue weighted by Gasteiger charge is -2.24. The molecule has 1 atom stereocenters. The highest BCUT2D eigenvalue weighted by atomic mass is 79.9. The molecule has 0 bridgehead atoms. The molecule has 0 amide bonds. The van der Waals surface area contributed by atoms with Gasteiger partial charge in [0.05, 0.1) is 12.1 Å². The molecule has 5 heteroatoms. The predicted octanol–water partition coefficient (Wildman–Crippen LogP) is 3.07. The van der Waals surface area contributed by atoms with E-state index in [1.54, 1.807) is 0 Å². The summed E-state index contributed by atoms with van der Waals surface area (Å²) < 4.78 is 6.88. The van der Waals surface area contributed by atoms with Gasteiger partial charge in [-0.25, -0.2) is 4.99 Å². The predicted molar refractivity (Wildman–Crippen MR) is 90.6 cm³/mol. The fourth-order valence-electron chi connectivity index (χ4n) is 2.35. The van der Waals surface area contributed by atoms with E-state index in [9.17, 15) is 0 Å². The molecule has 1 aromatic rings. The van der Waals surface area contributed by atoms with Gasteiger partial charge >= 0.3 is 0 Å². The maximum absolute atomic E-state index is 5.79. The van der Waals surface area contributed by atoms with Gasteiger partial charge in [0.1, 0.15) is 0 Å².